The fourth-order valence-corrected chi connectivity index (χ4v) is 2.61. The predicted octanol–water partition coefficient (Wildman–Crippen LogP) is 0.807. The number of rotatable bonds is 7. The fraction of sp³-hybridized carbons (Fsp3) is 0.467. The van der Waals surface area contributed by atoms with Crippen LogP contribution in [0.2, 0.25) is 5.02 Å². The molecule has 2 rings (SSSR count). The highest BCUT2D eigenvalue weighted by Crippen LogP contribution is 2.24. The number of nitrogens with one attached hydrogen (secondary N) is 2. The Morgan fingerprint density at radius 2 is 2.04 bits per heavy atom. The standard InChI is InChI=1S/C15H20ClN3O4/c1-23-7-6-19(9-14(20)21)15(22)13-8-12(17-18-13)10-2-4-11(16)5-3-10/h2-5,12-13,17-18H,6-9H2,1H3,(H,20,21). The number of carbonyl (C=O) groups excluding carboxylic acids is 1. The van der Waals surface area contributed by atoms with Gasteiger partial charge >= 0.3 is 5.97 Å². The number of carboxylic acid groups (broad SMARTS) is 1. The normalized spacial score (nSPS) is 20.4. The van der Waals surface area contributed by atoms with E-state index in [0.29, 0.717) is 18.1 Å². The summed E-state index contributed by atoms with van der Waals surface area (Å²) in [6, 6.07) is 6.87. The molecule has 126 valence electrons. The lowest BCUT2D eigenvalue weighted by Crippen LogP contribution is -2.48. The first-order valence-electron chi connectivity index (χ1n) is 7.27. The quantitative estimate of drug-likeness (QED) is 0.680. The van der Waals surface area contributed by atoms with Crippen molar-refractivity contribution >= 4 is 23.5 Å². The van der Waals surface area contributed by atoms with Crippen LogP contribution >= 0.6 is 11.6 Å². The SMILES string of the molecule is COCCN(CC(=O)O)C(=O)C1CC(c2ccc(Cl)cc2)NN1. The van der Waals surface area contributed by atoms with E-state index >= 15 is 0 Å². The monoisotopic (exact) mass is 341 g/mol. The van der Waals surface area contributed by atoms with Gasteiger partial charge in [0.2, 0.25) is 5.91 Å². The number of hydrogen-bond acceptors (Lipinski definition) is 5. The van der Waals surface area contributed by atoms with Gasteiger partial charge in [0, 0.05) is 24.7 Å². The van der Waals surface area contributed by atoms with E-state index in [1.807, 2.05) is 12.1 Å². The number of ether oxygens (including phenoxy) is 1. The molecule has 1 amide bonds. The number of hydrogen-bond donors (Lipinski definition) is 3. The summed E-state index contributed by atoms with van der Waals surface area (Å²) in [7, 11) is 1.51. The molecule has 1 fully saturated rings. The molecule has 23 heavy (non-hydrogen) atoms. The first kappa shape index (κ1) is 17.7. The highest BCUT2D eigenvalue weighted by molar-refractivity contribution is 6.30. The van der Waals surface area contributed by atoms with Gasteiger partial charge in [-0.25, -0.2) is 10.9 Å². The molecule has 1 aromatic carbocycles. The van der Waals surface area contributed by atoms with Crippen LogP contribution in [-0.4, -0.2) is 54.7 Å². The Labute approximate surface area is 139 Å². The molecule has 1 heterocycles. The number of aliphatic carboxylic acids is 1. The van der Waals surface area contributed by atoms with Crippen LogP contribution in [0.15, 0.2) is 24.3 Å². The van der Waals surface area contributed by atoms with E-state index in [-0.39, 0.29) is 25.0 Å². The second-order valence-electron chi connectivity index (χ2n) is 5.33. The molecular formula is C15H20ClN3O4. The lowest BCUT2D eigenvalue weighted by atomic mass is 10.0. The Hall–Kier alpha value is -1.67. The summed E-state index contributed by atoms with van der Waals surface area (Å²) in [4.78, 5) is 24.7. The molecule has 1 aliphatic rings. The molecule has 8 heteroatoms. The van der Waals surface area contributed by atoms with Gasteiger partial charge < -0.3 is 14.7 Å². The van der Waals surface area contributed by atoms with Crippen molar-refractivity contribution in [2.75, 3.05) is 26.8 Å². The van der Waals surface area contributed by atoms with E-state index in [0.717, 1.165) is 5.56 Å². The molecule has 0 aliphatic carbocycles. The van der Waals surface area contributed by atoms with Gasteiger partial charge in [-0.2, -0.15) is 0 Å². The van der Waals surface area contributed by atoms with E-state index in [4.69, 9.17) is 21.4 Å². The molecule has 3 N–H and O–H groups in total. The number of benzene rings is 1. The first-order chi connectivity index (χ1) is 11.0. The molecule has 7 nitrogen and oxygen atoms in total. The second kappa shape index (κ2) is 8.26. The molecule has 0 bridgehead atoms. The molecule has 0 aromatic heterocycles. The third-order valence-electron chi connectivity index (χ3n) is 3.68. The summed E-state index contributed by atoms with van der Waals surface area (Å²) in [5.41, 5.74) is 7.02. The molecule has 2 unspecified atom stereocenters. The number of amides is 1. The number of carbonyl (C=O) groups is 2. The predicted molar refractivity (Wildman–Crippen MR) is 85.0 cm³/mol. The summed E-state index contributed by atoms with van der Waals surface area (Å²) >= 11 is 5.87. The van der Waals surface area contributed by atoms with Crippen LogP contribution in [0.5, 0.6) is 0 Å². The van der Waals surface area contributed by atoms with Crippen LogP contribution in [0.3, 0.4) is 0 Å². The Balaban J connectivity index is 1.99. The van der Waals surface area contributed by atoms with Crippen molar-refractivity contribution in [3.63, 3.8) is 0 Å². The lowest BCUT2D eigenvalue weighted by molar-refractivity contribution is -0.145. The van der Waals surface area contributed by atoms with Gasteiger partial charge in [-0.05, 0) is 24.1 Å². The first-order valence-corrected chi connectivity index (χ1v) is 7.65. The molecule has 0 spiro atoms. The summed E-state index contributed by atoms with van der Waals surface area (Å²) in [5, 5.41) is 9.60. The average molecular weight is 342 g/mol. The van der Waals surface area contributed by atoms with Crippen molar-refractivity contribution in [2.45, 2.75) is 18.5 Å². The van der Waals surface area contributed by atoms with Crippen LogP contribution in [0.4, 0.5) is 0 Å². The Bertz CT molecular complexity index is 552. The van der Waals surface area contributed by atoms with Crippen molar-refractivity contribution in [2.24, 2.45) is 0 Å². The van der Waals surface area contributed by atoms with Crippen molar-refractivity contribution in [1.82, 2.24) is 15.8 Å². The molecule has 0 radical (unpaired) electrons. The van der Waals surface area contributed by atoms with Crippen LogP contribution in [0, 0.1) is 0 Å². The second-order valence-corrected chi connectivity index (χ2v) is 5.76. The minimum atomic E-state index is -1.05. The van der Waals surface area contributed by atoms with Gasteiger partial charge in [-0.15, -0.1) is 0 Å². The van der Waals surface area contributed by atoms with Gasteiger partial charge in [0.1, 0.15) is 12.6 Å². The minimum absolute atomic E-state index is 0.0321. The number of carboxylic acids is 1. The maximum atomic E-state index is 12.5. The zero-order valence-electron chi connectivity index (χ0n) is 12.8. The highest BCUT2D eigenvalue weighted by atomic mass is 35.5. The van der Waals surface area contributed by atoms with E-state index < -0.39 is 12.0 Å². The maximum absolute atomic E-state index is 12.5. The number of methoxy groups -OCH3 is 1. The van der Waals surface area contributed by atoms with E-state index in [1.54, 1.807) is 12.1 Å². The summed E-state index contributed by atoms with van der Waals surface area (Å²) in [6.07, 6.45) is 0.531. The molecule has 1 aromatic rings. The van der Waals surface area contributed by atoms with Crippen molar-refractivity contribution < 1.29 is 19.4 Å². The summed E-state index contributed by atoms with van der Waals surface area (Å²) in [6.45, 7) is 0.192. The third kappa shape index (κ3) is 4.90. The summed E-state index contributed by atoms with van der Waals surface area (Å²) in [5.74, 6) is -1.30. The number of halogens is 1. The molecule has 1 aliphatic heterocycles. The molecular weight excluding hydrogens is 322 g/mol. The van der Waals surface area contributed by atoms with Crippen LogP contribution < -0.4 is 10.9 Å². The van der Waals surface area contributed by atoms with Crippen molar-refractivity contribution in [3.8, 4) is 0 Å². The average Bonchev–Trinajstić information content (AvgIpc) is 3.01. The number of nitrogens with zero attached hydrogens (tertiary/aromatic N) is 1. The van der Waals surface area contributed by atoms with Gasteiger partial charge in [0.05, 0.1) is 6.61 Å². The minimum Gasteiger partial charge on any atom is -0.480 e. The van der Waals surface area contributed by atoms with Crippen LogP contribution in [0.1, 0.15) is 18.0 Å². The maximum Gasteiger partial charge on any atom is 0.323 e. The van der Waals surface area contributed by atoms with Crippen molar-refractivity contribution in [1.29, 1.82) is 0 Å². The molecule has 0 saturated carbocycles. The lowest BCUT2D eigenvalue weighted by Gasteiger charge is -2.23. The number of hydrazine groups is 1. The van der Waals surface area contributed by atoms with E-state index in [2.05, 4.69) is 10.9 Å². The zero-order valence-corrected chi connectivity index (χ0v) is 13.5. The smallest absolute Gasteiger partial charge is 0.323 e. The van der Waals surface area contributed by atoms with Gasteiger partial charge in [-0.3, -0.25) is 9.59 Å². The van der Waals surface area contributed by atoms with Gasteiger partial charge in [-0.1, -0.05) is 23.7 Å². The Kier molecular flexibility index (Phi) is 6.35. The van der Waals surface area contributed by atoms with Crippen LogP contribution in [0.25, 0.3) is 0 Å². The fourth-order valence-electron chi connectivity index (χ4n) is 2.48. The van der Waals surface area contributed by atoms with E-state index in [1.165, 1.54) is 12.0 Å². The topological polar surface area (TPSA) is 90.9 Å². The highest BCUT2D eigenvalue weighted by Gasteiger charge is 2.33. The van der Waals surface area contributed by atoms with Crippen LogP contribution in [-0.2, 0) is 14.3 Å². The molecule has 1 saturated heterocycles. The zero-order chi connectivity index (χ0) is 16.8. The summed E-state index contributed by atoms with van der Waals surface area (Å²) < 4.78 is 4.93. The van der Waals surface area contributed by atoms with Gasteiger partial charge in [0.15, 0.2) is 0 Å². The third-order valence-corrected chi connectivity index (χ3v) is 3.93. The Morgan fingerprint density at radius 1 is 1.35 bits per heavy atom. The molecule has 2 atom stereocenters. The largest absolute Gasteiger partial charge is 0.480 e. The van der Waals surface area contributed by atoms with E-state index in [9.17, 15) is 9.59 Å². The van der Waals surface area contributed by atoms with Gasteiger partial charge in [0.25, 0.3) is 0 Å². The Morgan fingerprint density at radius 3 is 2.65 bits per heavy atom. The van der Waals surface area contributed by atoms with Crippen molar-refractivity contribution in [3.05, 3.63) is 34.9 Å².